The summed E-state index contributed by atoms with van der Waals surface area (Å²) in [5, 5.41) is 26.5. The highest BCUT2D eigenvalue weighted by molar-refractivity contribution is 5.42. The quantitative estimate of drug-likeness (QED) is 0.586. The highest BCUT2D eigenvalue weighted by Gasteiger charge is 2.00. The normalized spacial score (nSPS) is 8.96. The molecule has 136 valence electrons. The first-order valence-corrected chi connectivity index (χ1v) is 8.01. The minimum absolute atomic E-state index is 0.172. The molecule has 4 nitrogen and oxygen atoms in total. The van der Waals surface area contributed by atoms with Gasteiger partial charge in [0.05, 0.1) is 7.11 Å². The van der Waals surface area contributed by atoms with E-state index in [9.17, 15) is 5.11 Å². The summed E-state index contributed by atoms with van der Waals surface area (Å²) in [6.07, 6.45) is 2.60. The van der Waals surface area contributed by atoms with E-state index in [-0.39, 0.29) is 5.75 Å². The van der Waals surface area contributed by atoms with Gasteiger partial charge < -0.3 is 20.1 Å². The molecule has 0 bridgehead atoms. The van der Waals surface area contributed by atoms with Crippen molar-refractivity contribution < 1.29 is 20.1 Å². The monoisotopic (exact) mass is 352 g/mol. The van der Waals surface area contributed by atoms with Crippen LogP contribution in [-0.4, -0.2) is 22.4 Å². The van der Waals surface area contributed by atoms with Gasteiger partial charge in [-0.1, -0.05) is 48.5 Å². The second-order valence-corrected chi connectivity index (χ2v) is 5.17. The first-order valence-electron chi connectivity index (χ1n) is 8.01. The lowest BCUT2D eigenvalue weighted by atomic mass is 10.1. The fraction of sp³-hybridized carbons (Fsp3) is 0.0909. The van der Waals surface area contributed by atoms with E-state index in [1.54, 1.807) is 60.7 Å². The van der Waals surface area contributed by atoms with Gasteiger partial charge in [0.2, 0.25) is 0 Å². The number of allylic oxidation sites excluding steroid dienone is 1. The zero-order chi connectivity index (χ0) is 19.2. The largest absolute Gasteiger partial charge is 0.508 e. The fourth-order valence-electron chi connectivity index (χ4n) is 1.87. The van der Waals surface area contributed by atoms with Crippen LogP contribution in [0.3, 0.4) is 0 Å². The van der Waals surface area contributed by atoms with Crippen LogP contribution in [-0.2, 0) is 6.42 Å². The lowest BCUT2D eigenvalue weighted by Crippen LogP contribution is -1.86. The maximum atomic E-state index is 9.25. The summed E-state index contributed by atoms with van der Waals surface area (Å²) in [5.41, 5.74) is 1.08. The Bertz CT molecular complexity index is 718. The second kappa shape index (κ2) is 12.0. The molecule has 26 heavy (non-hydrogen) atoms. The van der Waals surface area contributed by atoms with Crippen molar-refractivity contribution in [3.05, 3.63) is 97.1 Å². The summed E-state index contributed by atoms with van der Waals surface area (Å²) < 4.78 is 4.95. The van der Waals surface area contributed by atoms with Gasteiger partial charge >= 0.3 is 0 Å². The molecule has 0 aliphatic rings. The lowest BCUT2D eigenvalue weighted by molar-refractivity contribution is 0.373. The standard InChI is InChI=1S/C10H12O2.2C6H6O/c1-3-4-8-5-6-9(11)10(7-8)12-2;2*7-6-4-2-1-3-5-6/h3,5-7,11H,1,4H2,2H3;2*1-5,7H. The van der Waals surface area contributed by atoms with Crippen molar-refractivity contribution in [2.75, 3.05) is 7.11 Å². The molecule has 0 aliphatic heterocycles. The van der Waals surface area contributed by atoms with Crippen molar-refractivity contribution in [1.82, 2.24) is 0 Å². The third kappa shape index (κ3) is 8.45. The number of phenolic OH excluding ortho intramolecular Hbond substituents is 3. The van der Waals surface area contributed by atoms with Gasteiger partial charge in [-0.3, -0.25) is 0 Å². The predicted molar refractivity (Wildman–Crippen MR) is 105 cm³/mol. The van der Waals surface area contributed by atoms with Crippen LogP contribution < -0.4 is 4.74 Å². The van der Waals surface area contributed by atoms with Crippen LogP contribution in [0.5, 0.6) is 23.0 Å². The molecule has 0 atom stereocenters. The fourth-order valence-corrected chi connectivity index (χ4v) is 1.87. The highest BCUT2D eigenvalue weighted by atomic mass is 16.5. The van der Waals surface area contributed by atoms with Gasteiger partial charge in [-0.25, -0.2) is 0 Å². The summed E-state index contributed by atoms with van der Waals surface area (Å²) in [7, 11) is 1.53. The van der Waals surface area contributed by atoms with Gasteiger partial charge in [0.15, 0.2) is 11.5 Å². The smallest absolute Gasteiger partial charge is 0.160 e. The number of para-hydroxylation sites is 2. The zero-order valence-electron chi connectivity index (χ0n) is 14.7. The Morgan fingerprint density at radius 3 is 1.65 bits per heavy atom. The van der Waals surface area contributed by atoms with E-state index in [4.69, 9.17) is 14.9 Å². The van der Waals surface area contributed by atoms with E-state index in [1.165, 1.54) is 7.11 Å². The number of hydrogen-bond acceptors (Lipinski definition) is 4. The molecule has 0 heterocycles. The van der Waals surface area contributed by atoms with Crippen LogP contribution >= 0.6 is 0 Å². The molecule has 3 N–H and O–H groups in total. The van der Waals surface area contributed by atoms with Crippen molar-refractivity contribution >= 4 is 0 Å². The molecule has 0 aromatic heterocycles. The molecule has 0 spiro atoms. The maximum absolute atomic E-state index is 9.25. The number of phenols is 3. The molecule has 0 aliphatic carbocycles. The molecule has 4 heteroatoms. The van der Waals surface area contributed by atoms with E-state index < -0.39 is 0 Å². The van der Waals surface area contributed by atoms with Crippen molar-refractivity contribution in [1.29, 1.82) is 0 Å². The van der Waals surface area contributed by atoms with E-state index in [0.717, 1.165) is 12.0 Å². The third-order valence-electron chi connectivity index (χ3n) is 3.14. The first-order chi connectivity index (χ1) is 12.6. The predicted octanol–water partition coefficient (Wildman–Crippen LogP) is 4.91. The van der Waals surface area contributed by atoms with Gasteiger partial charge in [-0.2, -0.15) is 0 Å². The number of rotatable bonds is 3. The number of hydrogen-bond donors (Lipinski definition) is 3. The summed E-state index contributed by atoms with van der Waals surface area (Å²) in [5.74, 6) is 1.32. The molecular formula is C22H24O4. The van der Waals surface area contributed by atoms with Crippen LogP contribution in [0.4, 0.5) is 0 Å². The highest BCUT2D eigenvalue weighted by Crippen LogP contribution is 2.26. The van der Waals surface area contributed by atoms with E-state index in [2.05, 4.69) is 6.58 Å². The molecule has 0 radical (unpaired) electrons. The van der Waals surface area contributed by atoms with Crippen LogP contribution in [0.1, 0.15) is 5.56 Å². The van der Waals surface area contributed by atoms with Crippen LogP contribution in [0.2, 0.25) is 0 Å². The van der Waals surface area contributed by atoms with E-state index in [0.29, 0.717) is 17.2 Å². The van der Waals surface area contributed by atoms with Crippen molar-refractivity contribution in [2.24, 2.45) is 0 Å². The number of benzene rings is 3. The molecular weight excluding hydrogens is 328 g/mol. The van der Waals surface area contributed by atoms with E-state index in [1.807, 2.05) is 24.3 Å². The zero-order valence-corrected chi connectivity index (χ0v) is 14.7. The summed E-state index contributed by atoms with van der Waals surface area (Å²) in [6, 6.07) is 22.7. The summed E-state index contributed by atoms with van der Waals surface area (Å²) >= 11 is 0. The van der Waals surface area contributed by atoms with Crippen molar-refractivity contribution in [2.45, 2.75) is 6.42 Å². The van der Waals surface area contributed by atoms with Gasteiger partial charge in [0, 0.05) is 0 Å². The lowest BCUT2D eigenvalue weighted by Gasteiger charge is -2.04. The van der Waals surface area contributed by atoms with Gasteiger partial charge in [0.25, 0.3) is 0 Å². The molecule has 0 amide bonds. The minimum atomic E-state index is 0.172. The maximum Gasteiger partial charge on any atom is 0.160 e. The molecule has 3 aromatic rings. The summed E-state index contributed by atoms with van der Waals surface area (Å²) in [6.45, 7) is 3.63. The molecule has 3 rings (SSSR count). The average molecular weight is 352 g/mol. The third-order valence-corrected chi connectivity index (χ3v) is 3.14. The van der Waals surface area contributed by atoms with Crippen molar-refractivity contribution in [3.63, 3.8) is 0 Å². The Hall–Kier alpha value is -3.40. The number of ether oxygens (including phenoxy) is 1. The Kier molecular flexibility index (Phi) is 9.55. The van der Waals surface area contributed by atoms with Crippen LogP contribution in [0.15, 0.2) is 91.5 Å². The van der Waals surface area contributed by atoms with Gasteiger partial charge in [0.1, 0.15) is 11.5 Å². The molecule has 0 fully saturated rings. The number of methoxy groups -OCH3 is 1. The molecule has 0 saturated carbocycles. The Balaban J connectivity index is 0.000000207. The molecule has 3 aromatic carbocycles. The number of aromatic hydroxyl groups is 3. The molecule has 0 saturated heterocycles. The van der Waals surface area contributed by atoms with Gasteiger partial charge in [-0.05, 0) is 48.4 Å². The SMILES string of the molecule is C=CCc1ccc(O)c(OC)c1.Oc1ccccc1.Oc1ccccc1. The average Bonchev–Trinajstić information content (AvgIpc) is 2.66. The second-order valence-electron chi connectivity index (χ2n) is 5.17. The Morgan fingerprint density at radius 1 is 0.808 bits per heavy atom. The minimum Gasteiger partial charge on any atom is -0.508 e. The topological polar surface area (TPSA) is 69.9 Å². The first kappa shape index (κ1) is 20.6. The Labute approximate surface area is 154 Å². The van der Waals surface area contributed by atoms with E-state index >= 15 is 0 Å². The molecule has 0 unspecified atom stereocenters. The van der Waals surface area contributed by atoms with Crippen molar-refractivity contribution in [3.8, 4) is 23.0 Å². The van der Waals surface area contributed by atoms with Crippen LogP contribution in [0.25, 0.3) is 0 Å². The van der Waals surface area contributed by atoms with Gasteiger partial charge in [-0.15, -0.1) is 6.58 Å². The van der Waals surface area contributed by atoms with Crippen LogP contribution in [0, 0.1) is 0 Å². The Morgan fingerprint density at radius 2 is 1.31 bits per heavy atom. The summed E-state index contributed by atoms with van der Waals surface area (Å²) in [4.78, 5) is 0.